The number of rotatable bonds is 4. The largest absolute Gasteiger partial charge is 0.497 e. The molecule has 0 radical (unpaired) electrons. The molecule has 2 aliphatic heterocycles. The standard InChI is InChI=1S/C19H22N4O3/c1-26-15-4-5-21-14(7-15)10-22-18(24)16-2-3-17-13-6-12(8-20-9-13)11-23(17)19(16)25/h2-5,7,12-13,20H,6,8-11H2,1H3,(H,22,24)/t12-,13+/m0/s1. The third kappa shape index (κ3) is 3.10. The van der Waals surface area contributed by atoms with E-state index in [0.29, 0.717) is 29.8 Å². The maximum atomic E-state index is 12.8. The second-order valence-electron chi connectivity index (χ2n) is 6.91. The second kappa shape index (κ2) is 6.92. The number of carbonyl (C=O) groups excluding carboxylic acids is 1. The summed E-state index contributed by atoms with van der Waals surface area (Å²) in [5, 5.41) is 6.20. The van der Waals surface area contributed by atoms with Gasteiger partial charge in [0.1, 0.15) is 11.3 Å². The highest BCUT2D eigenvalue weighted by molar-refractivity contribution is 5.93. The van der Waals surface area contributed by atoms with E-state index < -0.39 is 0 Å². The van der Waals surface area contributed by atoms with Crippen molar-refractivity contribution in [1.29, 1.82) is 0 Å². The molecule has 0 aromatic carbocycles. The highest BCUT2D eigenvalue weighted by Gasteiger charge is 2.31. The van der Waals surface area contributed by atoms with Crippen molar-refractivity contribution in [2.75, 3.05) is 20.2 Å². The van der Waals surface area contributed by atoms with E-state index in [2.05, 4.69) is 15.6 Å². The van der Waals surface area contributed by atoms with Crippen molar-refractivity contribution in [3.8, 4) is 5.75 Å². The van der Waals surface area contributed by atoms with Gasteiger partial charge in [-0.15, -0.1) is 0 Å². The molecular formula is C19H22N4O3. The Labute approximate surface area is 151 Å². The average molecular weight is 354 g/mol. The van der Waals surface area contributed by atoms with Crippen LogP contribution in [-0.2, 0) is 13.1 Å². The van der Waals surface area contributed by atoms with E-state index in [4.69, 9.17) is 4.74 Å². The van der Waals surface area contributed by atoms with Crippen LogP contribution in [0.5, 0.6) is 5.75 Å². The summed E-state index contributed by atoms with van der Waals surface area (Å²) in [5.41, 5.74) is 1.70. The van der Waals surface area contributed by atoms with Crippen LogP contribution in [0.15, 0.2) is 35.3 Å². The lowest BCUT2D eigenvalue weighted by molar-refractivity contribution is 0.0947. The quantitative estimate of drug-likeness (QED) is 0.852. The molecule has 2 N–H and O–H groups in total. The van der Waals surface area contributed by atoms with E-state index in [0.717, 1.165) is 25.2 Å². The summed E-state index contributed by atoms with van der Waals surface area (Å²) >= 11 is 0. The van der Waals surface area contributed by atoms with E-state index in [1.807, 2.05) is 6.07 Å². The Balaban J connectivity index is 1.53. The Bertz CT molecular complexity index is 893. The molecule has 2 aliphatic rings. The maximum Gasteiger partial charge on any atom is 0.263 e. The van der Waals surface area contributed by atoms with Crippen LogP contribution in [0.3, 0.4) is 0 Å². The van der Waals surface area contributed by atoms with Crippen LogP contribution in [0.1, 0.15) is 34.1 Å². The molecule has 1 fully saturated rings. The number of carbonyl (C=O) groups is 1. The molecule has 2 bridgehead atoms. The highest BCUT2D eigenvalue weighted by atomic mass is 16.5. The first-order valence-electron chi connectivity index (χ1n) is 8.87. The number of fused-ring (bicyclic) bond motifs is 4. The fourth-order valence-electron chi connectivity index (χ4n) is 3.91. The molecule has 7 nitrogen and oxygen atoms in total. The number of aromatic nitrogens is 2. The number of methoxy groups -OCH3 is 1. The minimum atomic E-state index is -0.372. The molecule has 0 spiro atoms. The number of pyridine rings is 2. The predicted octanol–water partition coefficient (Wildman–Crippen LogP) is 0.889. The zero-order valence-electron chi connectivity index (χ0n) is 14.7. The molecular weight excluding hydrogens is 332 g/mol. The first-order valence-corrected chi connectivity index (χ1v) is 8.87. The Morgan fingerprint density at radius 2 is 2.27 bits per heavy atom. The monoisotopic (exact) mass is 354 g/mol. The molecule has 4 heterocycles. The van der Waals surface area contributed by atoms with Crippen LogP contribution in [0.2, 0.25) is 0 Å². The number of nitrogens with zero attached hydrogens (tertiary/aromatic N) is 2. The van der Waals surface area contributed by atoms with Crippen LogP contribution in [-0.4, -0.2) is 35.7 Å². The van der Waals surface area contributed by atoms with Gasteiger partial charge in [-0.2, -0.15) is 0 Å². The number of nitrogens with one attached hydrogen (secondary N) is 2. The molecule has 2 aromatic rings. The number of hydrogen-bond acceptors (Lipinski definition) is 5. The van der Waals surface area contributed by atoms with Gasteiger partial charge in [0.05, 0.1) is 19.3 Å². The SMILES string of the molecule is COc1ccnc(CNC(=O)c2ccc3n(c2=O)C[C@@H]2CNC[C@H]3C2)c1. The summed E-state index contributed by atoms with van der Waals surface area (Å²) in [6.07, 6.45) is 2.74. The van der Waals surface area contributed by atoms with E-state index >= 15 is 0 Å². The van der Waals surface area contributed by atoms with Gasteiger partial charge in [-0.1, -0.05) is 0 Å². The third-order valence-corrected chi connectivity index (χ3v) is 5.21. The average Bonchev–Trinajstić information content (AvgIpc) is 2.67. The fraction of sp³-hybridized carbons (Fsp3) is 0.421. The summed E-state index contributed by atoms with van der Waals surface area (Å²) < 4.78 is 6.94. The van der Waals surface area contributed by atoms with Crippen LogP contribution in [0.25, 0.3) is 0 Å². The molecule has 136 valence electrons. The van der Waals surface area contributed by atoms with Crippen molar-refractivity contribution >= 4 is 5.91 Å². The van der Waals surface area contributed by atoms with Gasteiger partial charge in [0.25, 0.3) is 11.5 Å². The third-order valence-electron chi connectivity index (χ3n) is 5.21. The summed E-state index contributed by atoms with van der Waals surface area (Å²) in [5.74, 6) is 1.12. The second-order valence-corrected chi connectivity index (χ2v) is 6.91. The Morgan fingerprint density at radius 3 is 3.12 bits per heavy atom. The Kier molecular flexibility index (Phi) is 4.46. The molecule has 1 amide bonds. The Morgan fingerprint density at radius 1 is 1.38 bits per heavy atom. The van der Waals surface area contributed by atoms with Gasteiger partial charge in [-0.3, -0.25) is 14.6 Å². The van der Waals surface area contributed by atoms with E-state index in [1.54, 1.807) is 36.1 Å². The van der Waals surface area contributed by atoms with Gasteiger partial charge in [0, 0.05) is 37.0 Å². The highest BCUT2D eigenvalue weighted by Crippen LogP contribution is 2.31. The number of piperidine rings is 1. The molecule has 0 aliphatic carbocycles. The molecule has 7 heteroatoms. The van der Waals surface area contributed by atoms with Gasteiger partial charge in [-0.05, 0) is 37.1 Å². The van der Waals surface area contributed by atoms with E-state index in [9.17, 15) is 9.59 Å². The predicted molar refractivity (Wildman–Crippen MR) is 96.4 cm³/mol. The number of hydrogen-bond donors (Lipinski definition) is 2. The van der Waals surface area contributed by atoms with Crippen molar-refractivity contribution in [3.63, 3.8) is 0 Å². The maximum absolute atomic E-state index is 12.8. The van der Waals surface area contributed by atoms with Crippen molar-refractivity contribution in [2.45, 2.75) is 25.4 Å². The molecule has 2 atom stereocenters. The molecule has 2 aromatic heterocycles. The van der Waals surface area contributed by atoms with E-state index in [-0.39, 0.29) is 23.6 Å². The lowest BCUT2D eigenvalue weighted by Gasteiger charge is -2.37. The topological polar surface area (TPSA) is 85.2 Å². The van der Waals surface area contributed by atoms with Crippen LogP contribution in [0.4, 0.5) is 0 Å². The lowest BCUT2D eigenvalue weighted by Crippen LogP contribution is -2.46. The molecule has 0 saturated carbocycles. The molecule has 1 saturated heterocycles. The zero-order valence-corrected chi connectivity index (χ0v) is 14.7. The normalized spacial score (nSPS) is 21.0. The van der Waals surface area contributed by atoms with Crippen LogP contribution in [0, 0.1) is 5.92 Å². The minimum absolute atomic E-state index is 0.185. The van der Waals surface area contributed by atoms with Crippen molar-refractivity contribution in [2.24, 2.45) is 5.92 Å². The van der Waals surface area contributed by atoms with Crippen LogP contribution < -0.4 is 20.9 Å². The van der Waals surface area contributed by atoms with Crippen molar-refractivity contribution in [3.05, 3.63) is 57.8 Å². The summed E-state index contributed by atoms with van der Waals surface area (Å²) in [7, 11) is 1.58. The Hall–Kier alpha value is -2.67. The van der Waals surface area contributed by atoms with E-state index in [1.165, 1.54) is 0 Å². The summed E-state index contributed by atoms with van der Waals surface area (Å²) in [6, 6.07) is 7.08. The first-order chi connectivity index (χ1) is 12.7. The van der Waals surface area contributed by atoms with Crippen LogP contribution >= 0.6 is 0 Å². The number of amides is 1. The van der Waals surface area contributed by atoms with Gasteiger partial charge in [0.2, 0.25) is 0 Å². The minimum Gasteiger partial charge on any atom is -0.497 e. The molecule has 0 unspecified atom stereocenters. The molecule has 4 rings (SSSR count). The summed E-state index contributed by atoms with van der Waals surface area (Å²) in [6.45, 7) is 2.74. The van der Waals surface area contributed by atoms with Gasteiger partial charge >= 0.3 is 0 Å². The summed E-state index contributed by atoms with van der Waals surface area (Å²) in [4.78, 5) is 29.6. The zero-order chi connectivity index (χ0) is 18.1. The van der Waals surface area contributed by atoms with Gasteiger partial charge in [-0.25, -0.2) is 0 Å². The van der Waals surface area contributed by atoms with Gasteiger partial charge in [0.15, 0.2) is 0 Å². The van der Waals surface area contributed by atoms with Crippen molar-refractivity contribution < 1.29 is 9.53 Å². The lowest BCUT2D eigenvalue weighted by atomic mass is 9.84. The smallest absolute Gasteiger partial charge is 0.263 e. The molecule has 26 heavy (non-hydrogen) atoms. The van der Waals surface area contributed by atoms with Crippen molar-refractivity contribution in [1.82, 2.24) is 20.2 Å². The van der Waals surface area contributed by atoms with Gasteiger partial charge < -0.3 is 19.9 Å². The fourth-order valence-corrected chi connectivity index (χ4v) is 3.91. The first kappa shape index (κ1) is 16.8. The number of ether oxygens (including phenoxy) is 1.